The van der Waals surface area contributed by atoms with Gasteiger partial charge in [-0.25, -0.2) is 14.7 Å². The largest absolute Gasteiger partial charge is 0.367 e. The molecule has 2 atom stereocenters. The molecule has 2 aromatic heterocycles. The van der Waals surface area contributed by atoms with Crippen molar-refractivity contribution in [2.45, 2.75) is 88.7 Å². The molecule has 2 aromatic rings. The number of amides is 2. The van der Waals surface area contributed by atoms with Crippen LogP contribution in [0.2, 0.25) is 0 Å². The molecule has 12 heteroatoms. The van der Waals surface area contributed by atoms with E-state index in [0.717, 1.165) is 44.3 Å². The van der Waals surface area contributed by atoms with Crippen molar-refractivity contribution in [2.24, 2.45) is 11.8 Å². The monoisotopic (exact) mass is 639 g/mol. The van der Waals surface area contributed by atoms with Crippen LogP contribution in [0.3, 0.4) is 0 Å². The number of likely N-dealkylation sites (N-methyl/N-ethyl adjacent to an activating group) is 1. The fraction of sp³-hybridized carbons (Fsp3) is 0.636. The number of nitrogens with zero attached hydrogens (tertiary/aromatic N) is 5. The van der Waals surface area contributed by atoms with Crippen molar-refractivity contribution in [1.29, 1.82) is 0 Å². The number of anilines is 2. The maximum absolute atomic E-state index is 13.7. The standard InChI is InChI=1S/C33H49N7O4S/c1-32(2,3)26-14-12-24-30(35-26)40-20-22(19-33(40,4)5)11-13-25(23-15-17-39(18-16-23)29(41)21-38(6)7)34-27-9-8-10-28(36-27)45(43,44)37-31(24)42/h8-10,12,14,22-23,25H,11,13,15-21H2,1-7H3,(H,34,36)(H,37,42)/t22-,25?/m0/s1. The molecule has 0 saturated carbocycles. The number of pyridine rings is 2. The van der Waals surface area contributed by atoms with Gasteiger partial charge in [0.25, 0.3) is 15.9 Å². The van der Waals surface area contributed by atoms with E-state index in [-0.39, 0.29) is 33.5 Å². The highest BCUT2D eigenvalue weighted by atomic mass is 32.2. The van der Waals surface area contributed by atoms with Crippen LogP contribution in [0.4, 0.5) is 11.6 Å². The Morgan fingerprint density at radius 3 is 2.42 bits per heavy atom. The van der Waals surface area contributed by atoms with Gasteiger partial charge in [-0.2, -0.15) is 8.42 Å². The topological polar surface area (TPSA) is 128 Å². The Bertz CT molecular complexity index is 1530. The highest BCUT2D eigenvalue weighted by Crippen LogP contribution is 2.41. The summed E-state index contributed by atoms with van der Waals surface area (Å²) in [5.41, 5.74) is 0.529. The van der Waals surface area contributed by atoms with Crippen molar-refractivity contribution in [1.82, 2.24) is 24.5 Å². The van der Waals surface area contributed by atoms with Crippen LogP contribution in [-0.4, -0.2) is 91.9 Å². The first kappa shape index (κ1) is 33.1. The molecule has 2 fully saturated rings. The van der Waals surface area contributed by atoms with Crippen LogP contribution in [-0.2, 0) is 20.2 Å². The number of hydrogen-bond donors (Lipinski definition) is 2. The van der Waals surface area contributed by atoms with Crippen LogP contribution in [0.5, 0.6) is 0 Å². The third-order valence-electron chi connectivity index (χ3n) is 9.46. The summed E-state index contributed by atoms with van der Waals surface area (Å²) in [6.45, 7) is 13.1. The average molecular weight is 640 g/mol. The van der Waals surface area contributed by atoms with Crippen LogP contribution in [0.1, 0.15) is 82.8 Å². The second-order valence-electron chi connectivity index (χ2n) is 14.9. The molecule has 11 nitrogen and oxygen atoms in total. The minimum atomic E-state index is -4.27. The summed E-state index contributed by atoms with van der Waals surface area (Å²) in [6.07, 6.45) is 4.48. The van der Waals surface area contributed by atoms with E-state index in [1.54, 1.807) is 18.2 Å². The van der Waals surface area contributed by atoms with Gasteiger partial charge < -0.3 is 20.0 Å². The fourth-order valence-corrected chi connectivity index (χ4v) is 7.96. The summed E-state index contributed by atoms with van der Waals surface area (Å²) in [5.74, 6) is 1.06. The molecule has 5 heterocycles. The first-order valence-corrected chi connectivity index (χ1v) is 17.5. The summed E-state index contributed by atoms with van der Waals surface area (Å²) in [6, 6.07) is 8.39. The van der Waals surface area contributed by atoms with E-state index in [9.17, 15) is 18.0 Å². The molecule has 246 valence electrons. The van der Waals surface area contributed by atoms with E-state index < -0.39 is 15.9 Å². The summed E-state index contributed by atoms with van der Waals surface area (Å²) < 4.78 is 29.3. The first-order chi connectivity index (χ1) is 21.0. The van der Waals surface area contributed by atoms with Crippen molar-refractivity contribution in [2.75, 3.05) is 50.5 Å². The molecular weight excluding hydrogens is 590 g/mol. The average Bonchev–Trinajstić information content (AvgIpc) is 3.27. The number of nitrogens with one attached hydrogen (secondary N) is 2. The first-order valence-electron chi connectivity index (χ1n) is 16.1. The lowest BCUT2D eigenvalue weighted by Crippen LogP contribution is -2.45. The van der Waals surface area contributed by atoms with E-state index >= 15 is 0 Å². The van der Waals surface area contributed by atoms with Gasteiger partial charge in [-0.3, -0.25) is 9.59 Å². The minimum absolute atomic E-state index is 0.0522. The lowest BCUT2D eigenvalue weighted by molar-refractivity contribution is -0.133. The van der Waals surface area contributed by atoms with Crippen LogP contribution >= 0.6 is 0 Å². The number of fused-ring (bicyclic) bond motifs is 6. The van der Waals surface area contributed by atoms with Gasteiger partial charge in [0.05, 0.1) is 12.1 Å². The van der Waals surface area contributed by atoms with Crippen LogP contribution in [0.25, 0.3) is 0 Å². The Labute approximate surface area is 268 Å². The Kier molecular flexibility index (Phi) is 9.21. The van der Waals surface area contributed by atoms with Gasteiger partial charge in [-0.15, -0.1) is 0 Å². The molecule has 5 rings (SSSR count). The third kappa shape index (κ3) is 7.43. The molecule has 3 aliphatic heterocycles. The number of carbonyl (C=O) groups is 2. The van der Waals surface area contributed by atoms with E-state index in [0.29, 0.717) is 43.1 Å². The molecular formula is C33H49N7O4S. The van der Waals surface area contributed by atoms with E-state index in [1.807, 2.05) is 30.0 Å². The molecule has 1 unspecified atom stereocenters. The van der Waals surface area contributed by atoms with Gasteiger partial charge >= 0.3 is 0 Å². The Morgan fingerprint density at radius 2 is 1.76 bits per heavy atom. The van der Waals surface area contributed by atoms with Crippen molar-refractivity contribution < 1.29 is 18.0 Å². The Morgan fingerprint density at radius 1 is 1.04 bits per heavy atom. The molecule has 0 spiro atoms. The summed E-state index contributed by atoms with van der Waals surface area (Å²) in [5, 5.41) is 3.36. The highest BCUT2D eigenvalue weighted by molar-refractivity contribution is 7.90. The van der Waals surface area contributed by atoms with Gasteiger partial charge in [0.1, 0.15) is 11.6 Å². The number of aromatic nitrogens is 2. The van der Waals surface area contributed by atoms with E-state index in [1.165, 1.54) is 6.07 Å². The maximum atomic E-state index is 13.7. The lowest BCUT2D eigenvalue weighted by atomic mass is 9.84. The summed E-state index contributed by atoms with van der Waals surface area (Å²) in [7, 11) is -0.457. The number of hydrogen-bond acceptors (Lipinski definition) is 9. The number of piperidine rings is 1. The van der Waals surface area contributed by atoms with E-state index in [2.05, 4.69) is 54.5 Å². The quantitative estimate of drug-likeness (QED) is 0.515. The number of likely N-dealkylation sites (tertiary alicyclic amines) is 1. The van der Waals surface area contributed by atoms with Crippen molar-refractivity contribution in [3.8, 4) is 0 Å². The zero-order valence-corrected chi connectivity index (χ0v) is 28.6. The maximum Gasteiger partial charge on any atom is 0.281 e. The predicted octanol–water partition coefficient (Wildman–Crippen LogP) is 3.87. The summed E-state index contributed by atoms with van der Waals surface area (Å²) in [4.78, 5) is 41.9. The SMILES string of the molecule is CN(C)CC(=O)N1CCC(C2CC[C@@H]3CN(c4nc(C(C)(C)C)ccc4C(=O)NS(=O)(=O)c4cccc(n4)N2)C(C)(C)C3)CC1. The lowest BCUT2D eigenvalue weighted by Gasteiger charge is -2.37. The van der Waals surface area contributed by atoms with Gasteiger partial charge in [0.15, 0.2) is 5.03 Å². The molecule has 45 heavy (non-hydrogen) atoms. The van der Waals surface area contributed by atoms with Crippen molar-refractivity contribution >= 4 is 33.5 Å². The third-order valence-corrected chi connectivity index (χ3v) is 10.7. The van der Waals surface area contributed by atoms with Crippen LogP contribution in [0, 0.1) is 11.8 Å². The Hall–Kier alpha value is -3.25. The molecule has 0 aromatic carbocycles. The molecule has 2 saturated heterocycles. The smallest absolute Gasteiger partial charge is 0.281 e. The molecule has 0 aliphatic carbocycles. The molecule has 2 amide bonds. The van der Waals surface area contributed by atoms with Gasteiger partial charge in [0.2, 0.25) is 5.91 Å². The summed E-state index contributed by atoms with van der Waals surface area (Å²) >= 11 is 0. The normalized spacial score (nSPS) is 23.9. The van der Waals surface area contributed by atoms with Crippen molar-refractivity contribution in [3.63, 3.8) is 0 Å². The predicted molar refractivity (Wildman–Crippen MR) is 176 cm³/mol. The highest BCUT2D eigenvalue weighted by Gasteiger charge is 2.42. The molecule has 0 radical (unpaired) electrons. The fourth-order valence-electron chi connectivity index (χ4n) is 7.03. The molecule has 4 bridgehead atoms. The molecule has 2 N–H and O–H groups in total. The molecule has 3 aliphatic rings. The second-order valence-corrected chi connectivity index (χ2v) is 16.5. The zero-order valence-electron chi connectivity index (χ0n) is 27.8. The number of rotatable bonds is 3. The Balaban J connectivity index is 1.49. The van der Waals surface area contributed by atoms with Gasteiger partial charge in [0, 0.05) is 42.3 Å². The van der Waals surface area contributed by atoms with Gasteiger partial charge in [-0.1, -0.05) is 26.8 Å². The van der Waals surface area contributed by atoms with Gasteiger partial charge in [-0.05, 0) is 96.1 Å². The van der Waals surface area contributed by atoms with E-state index in [4.69, 9.17) is 4.98 Å². The number of carbonyl (C=O) groups excluding carboxylic acids is 2. The number of sulfonamides is 1. The zero-order chi connectivity index (χ0) is 32.7. The minimum Gasteiger partial charge on any atom is -0.367 e. The second kappa shape index (κ2) is 12.5. The van der Waals surface area contributed by atoms with Crippen LogP contribution in [0.15, 0.2) is 35.4 Å². The van der Waals surface area contributed by atoms with Crippen LogP contribution < -0.4 is 14.9 Å². The van der Waals surface area contributed by atoms with Crippen molar-refractivity contribution in [3.05, 3.63) is 41.6 Å².